The van der Waals surface area contributed by atoms with Crippen LogP contribution in [0, 0.1) is 0 Å². The fourth-order valence-corrected chi connectivity index (χ4v) is 1.32. The Hall–Kier alpha value is -0.0100. The number of hydrogen-bond acceptors (Lipinski definition) is 1. The van der Waals surface area contributed by atoms with E-state index in [0.717, 1.165) is 12.2 Å². The lowest BCUT2D eigenvalue weighted by Gasteiger charge is -2.04. The van der Waals surface area contributed by atoms with Crippen molar-refractivity contribution in [2.24, 2.45) is 0 Å². The predicted octanol–water partition coefficient (Wildman–Crippen LogP) is 4.16. The van der Waals surface area contributed by atoms with Gasteiger partial charge in [-0.3, -0.25) is 0 Å². The SMILES string of the molecule is C=C(CCl)COCCCCCCCC. The lowest BCUT2D eigenvalue weighted by Crippen LogP contribution is -2.00. The largest absolute Gasteiger partial charge is 0.377 e. The van der Waals surface area contributed by atoms with Gasteiger partial charge in [-0.05, 0) is 12.0 Å². The fourth-order valence-electron chi connectivity index (χ4n) is 1.24. The highest BCUT2D eigenvalue weighted by Crippen LogP contribution is 2.05. The molecule has 0 rings (SSSR count). The van der Waals surface area contributed by atoms with Crippen LogP contribution in [0.1, 0.15) is 45.4 Å². The van der Waals surface area contributed by atoms with Crippen LogP contribution in [0.25, 0.3) is 0 Å². The zero-order valence-electron chi connectivity index (χ0n) is 9.36. The van der Waals surface area contributed by atoms with E-state index < -0.39 is 0 Å². The molecular formula is C12H23ClO. The molecule has 14 heavy (non-hydrogen) atoms. The van der Waals surface area contributed by atoms with Crippen LogP contribution in [0.2, 0.25) is 0 Å². The van der Waals surface area contributed by atoms with E-state index in [2.05, 4.69) is 13.5 Å². The van der Waals surface area contributed by atoms with E-state index in [1.807, 2.05) is 0 Å². The molecule has 0 aromatic rings. The van der Waals surface area contributed by atoms with Gasteiger partial charge in [0.05, 0.1) is 6.61 Å². The van der Waals surface area contributed by atoms with E-state index in [0.29, 0.717) is 12.5 Å². The summed E-state index contributed by atoms with van der Waals surface area (Å²) in [6.45, 7) is 7.48. The minimum Gasteiger partial charge on any atom is -0.377 e. The van der Waals surface area contributed by atoms with E-state index in [9.17, 15) is 0 Å². The third-order valence-corrected chi connectivity index (χ3v) is 2.52. The quantitative estimate of drug-likeness (QED) is 0.304. The summed E-state index contributed by atoms with van der Waals surface area (Å²) in [6, 6.07) is 0. The Bertz CT molecular complexity index is 134. The van der Waals surface area contributed by atoms with Gasteiger partial charge in [0, 0.05) is 12.5 Å². The molecule has 2 heteroatoms. The molecule has 84 valence electrons. The molecule has 0 atom stereocenters. The van der Waals surface area contributed by atoms with Gasteiger partial charge < -0.3 is 4.74 Å². The summed E-state index contributed by atoms with van der Waals surface area (Å²) in [5.41, 5.74) is 0.970. The highest BCUT2D eigenvalue weighted by atomic mass is 35.5. The van der Waals surface area contributed by atoms with Crippen molar-refractivity contribution in [1.82, 2.24) is 0 Å². The number of halogens is 1. The first-order valence-corrected chi connectivity index (χ1v) is 6.15. The highest BCUT2D eigenvalue weighted by molar-refractivity contribution is 6.19. The van der Waals surface area contributed by atoms with Crippen molar-refractivity contribution in [1.29, 1.82) is 0 Å². The minimum absolute atomic E-state index is 0.510. The molecule has 0 aliphatic rings. The van der Waals surface area contributed by atoms with Crippen LogP contribution in [0.4, 0.5) is 0 Å². The number of rotatable bonds is 10. The van der Waals surface area contributed by atoms with Crippen LogP contribution >= 0.6 is 11.6 Å². The van der Waals surface area contributed by atoms with E-state index in [1.54, 1.807) is 0 Å². The van der Waals surface area contributed by atoms with Crippen LogP contribution in [-0.4, -0.2) is 19.1 Å². The Balaban J connectivity index is 2.95. The zero-order chi connectivity index (χ0) is 10.6. The van der Waals surface area contributed by atoms with Crippen molar-refractivity contribution < 1.29 is 4.74 Å². The molecule has 0 radical (unpaired) electrons. The minimum atomic E-state index is 0.510. The van der Waals surface area contributed by atoms with Crippen molar-refractivity contribution in [3.63, 3.8) is 0 Å². The summed E-state index contributed by atoms with van der Waals surface area (Å²) < 4.78 is 5.41. The molecule has 0 aliphatic heterocycles. The third-order valence-electron chi connectivity index (χ3n) is 2.14. The molecule has 0 fully saturated rings. The number of hydrogen-bond donors (Lipinski definition) is 0. The first-order chi connectivity index (χ1) is 6.81. The zero-order valence-corrected chi connectivity index (χ0v) is 10.1. The first-order valence-electron chi connectivity index (χ1n) is 5.61. The lowest BCUT2D eigenvalue weighted by molar-refractivity contribution is 0.151. The second-order valence-electron chi connectivity index (χ2n) is 3.70. The van der Waals surface area contributed by atoms with Gasteiger partial charge in [0.15, 0.2) is 0 Å². The van der Waals surface area contributed by atoms with Gasteiger partial charge in [0.1, 0.15) is 0 Å². The van der Waals surface area contributed by atoms with Gasteiger partial charge in [0.25, 0.3) is 0 Å². The third kappa shape index (κ3) is 10.1. The summed E-state index contributed by atoms with van der Waals surface area (Å²) in [5, 5.41) is 0. The molecular weight excluding hydrogens is 196 g/mol. The molecule has 0 aliphatic carbocycles. The molecule has 0 heterocycles. The molecule has 0 aromatic carbocycles. The van der Waals surface area contributed by atoms with Crippen molar-refractivity contribution in [2.45, 2.75) is 45.4 Å². The second-order valence-corrected chi connectivity index (χ2v) is 3.97. The summed E-state index contributed by atoms with van der Waals surface area (Å²) in [4.78, 5) is 0. The van der Waals surface area contributed by atoms with Crippen molar-refractivity contribution in [3.05, 3.63) is 12.2 Å². The Morgan fingerprint density at radius 2 is 1.79 bits per heavy atom. The van der Waals surface area contributed by atoms with E-state index in [-0.39, 0.29) is 0 Å². The normalized spacial score (nSPS) is 10.4. The lowest BCUT2D eigenvalue weighted by atomic mass is 10.1. The molecule has 0 aromatic heterocycles. The molecule has 0 spiro atoms. The van der Waals surface area contributed by atoms with Crippen LogP contribution in [0.5, 0.6) is 0 Å². The summed E-state index contributed by atoms with van der Waals surface area (Å²) in [6.07, 6.45) is 7.83. The Labute approximate surface area is 93.5 Å². The molecule has 0 saturated heterocycles. The predicted molar refractivity (Wildman–Crippen MR) is 64.1 cm³/mol. The smallest absolute Gasteiger partial charge is 0.0685 e. The summed E-state index contributed by atoms with van der Waals surface area (Å²) >= 11 is 5.57. The van der Waals surface area contributed by atoms with Gasteiger partial charge in [-0.1, -0.05) is 45.6 Å². The average Bonchev–Trinajstić information content (AvgIpc) is 2.21. The molecule has 0 N–H and O–H groups in total. The monoisotopic (exact) mass is 218 g/mol. The maximum Gasteiger partial charge on any atom is 0.0685 e. The maximum atomic E-state index is 5.57. The van der Waals surface area contributed by atoms with Gasteiger partial charge in [-0.25, -0.2) is 0 Å². The Kier molecular flexibility index (Phi) is 11.1. The molecule has 0 saturated carbocycles. The van der Waals surface area contributed by atoms with Crippen molar-refractivity contribution in [3.8, 4) is 0 Å². The van der Waals surface area contributed by atoms with Crippen molar-refractivity contribution in [2.75, 3.05) is 19.1 Å². The van der Waals surface area contributed by atoms with Gasteiger partial charge in [-0.15, -0.1) is 11.6 Å². The number of unbranched alkanes of at least 4 members (excludes halogenated alkanes) is 5. The number of alkyl halides is 1. The molecule has 0 unspecified atom stereocenters. The highest BCUT2D eigenvalue weighted by Gasteiger charge is 1.93. The average molecular weight is 219 g/mol. The van der Waals surface area contributed by atoms with Gasteiger partial charge >= 0.3 is 0 Å². The molecule has 1 nitrogen and oxygen atoms in total. The molecule has 0 bridgehead atoms. The Morgan fingerprint density at radius 3 is 2.43 bits per heavy atom. The van der Waals surface area contributed by atoms with Crippen LogP contribution < -0.4 is 0 Å². The second kappa shape index (κ2) is 11.1. The molecule has 0 amide bonds. The van der Waals surface area contributed by atoms with E-state index in [1.165, 1.54) is 38.5 Å². The van der Waals surface area contributed by atoms with E-state index >= 15 is 0 Å². The van der Waals surface area contributed by atoms with Gasteiger partial charge in [-0.2, -0.15) is 0 Å². The Morgan fingerprint density at radius 1 is 1.14 bits per heavy atom. The topological polar surface area (TPSA) is 9.23 Å². The van der Waals surface area contributed by atoms with Crippen LogP contribution in [0.15, 0.2) is 12.2 Å². The maximum absolute atomic E-state index is 5.57. The fraction of sp³-hybridized carbons (Fsp3) is 0.833. The number of ether oxygens (including phenoxy) is 1. The van der Waals surface area contributed by atoms with Crippen molar-refractivity contribution >= 4 is 11.6 Å². The van der Waals surface area contributed by atoms with Gasteiger partial charge in [0.2, 0.25) is 0 Å². The van der Waals surface area contributed by atoms with Crippen LogP contribution in [-0.2, 0) is 4.74 Å². The van der Waals surface area contributed by atoms with Crippen LogP contribution in [0.3, 0.4) is 0 Å². The standard InChI is InChI=1S/C12H23ClO/c1-3-4-5-6-7-8-9-14-11-12(2)10-13/h2-11H2,1H3. The summed E-state index contributed by atoms with van der Waals surface area (Å²) in [7, 11) is 0. The summed E-state index contributed by atoms with van der Waals surface area (Å²) in [5.74, 6) is 0.510. The first kappa shape index (κ1) is 14.0. The van der Waals surface area contributed by atoms with E-state index in [4.69, 9.17) is 16.3 Å².